The Morgan fingerprint density at radius 3 is 1.77 bits per heavy atom. The zero-order valence-corrected chi connectivity index (χ0v) is 10.4. The van der Waals surface area contributed by atoms with Gasteiger partial charge < -0.3 is 0 Å². The first-order chi connectivity index (χ1) is 5.95. The van der Waals surface area contributed by atoms with Crippen molar-refractivity contribution in [1.29, 1.82) is 0 Å². The molecule has 0 spiro atoms. The van der Waals surface area contributed by atoms with Gasteiger partial charge in [0.1, 0.15) is 0 Å². The summed E-state index contributed by atoms with van der Waals surface area (Å²) in [4.78, 5) is 3.08. The monoisotopic (exact) mass is 196 g/mol. The Hall–Kier alpha value is -0.300. The Balaban J connectivity index is 3.27. The average Bonchev–Trinajstić information content (AvgIpc) is 2.28. The Morgan fingerprint density at radius 1 is 0.923 bits per heavy atom. The van der Waals surface area contributed by atoms with Crippen molar-refractivity contribution in [2.75, 3.05) is 0 Å². The molecule has 1 aromatic heterocycles. The number of aryl methyl sites for hydroxylation is 1. The van der Waals surface area contributed by atoms with Crippen LogP contribution in [-0.2, 0) is 0 Å². The smallest absolute Gasteiger partial charge is 0.0111 e. The molecule has 0 aliphatic heterocycles. The van der Waals surface area contributed by atoms with Crippen molar-refractivity contribution in [3.05, 3.63) is 20.9 Å². The van der Waals surface area contributed by atoms with Gasteiger partial charge in [-0.05, 0) is 36.8 Å². The molecule has 0 saturated heterocycles. The molecule has 0 amide bonds. The normalized spacial score (nSPS) is 11.7. The molecule has 0 atom stereocenters. The molecule has 74 valence electrons. The summed E-state index contributed by atoms with van der Waals surface area (Å²) in [6, 6.07) is 0. The fourth-order valence-corrected chi connectivity index (χ4v) is 3.14. The zero-order chi connectivity index (χ0) is 10.2. The van der Waals surface area contributed by atoms with Crippen molar-refractivity contribution in [3.63, 3.8) is 0 Å². The number of hydrogen-bond acceptors (Lipinski definition) is 1. The Morgan fingerprint density at radius 2 is 1.46 bits per heavy atom. The topological polar surface area (TPSA) is 0 Å². The maximum atomic E-state index is 2.29. The minimum Gasteiger partial charge on any atom is -0.145 e. The summed E-state index contributed by atoms with van der Waals surface area (Å²) in [6.45, 7) is 13.7. The van der Waals surface area contributed by atoms with Gasteiger partial charge >= 0.3 is 0 Å². The molecule has 1 aromatic rings. The summed E-state index contributed by atoms with van der Waals surface area (Å²) in [7, 11) is 0. The van der Waals surface area contributed by atoms with Crippen LogP contribution in [0.3, 0.4) is 0 Å². The second-order valence-electron chi connectivity index (χ2n) is 4.37. The number of thiophene rings is 1. The van der Waals surface area contributed by atoms with Gasteiger partial charge in [0.15, 0.2) is 0 Å². The van der Waals surface area contributed by atoms with E-state index < -0.39 is 0 Å². The van der Waals surface area contributed by atoms with Crippen LogP contribution in [0.1, 0.15) is 60.4 Å². The largest absolute Gasteiger partial charge is 0.145 e. The summed E-state index contributed by atoms with van der Waals surface area (Å²) in [5, 5.41) is 0. The lowest BCUT2D eigenvalue weighted by Crippen LogP contribution is -1.95. The van der Waals surface area contributed by atoms with Gasteiger partial charge in [-0.1, -0.05) is 27.7 Å². The van der Waals surface area contributed by atoms with E-state index in [-0.39, 0.29) is 0 Å². The fourth-order valence-electron chi connectivity index (χ4n) is 1.82. The van der Waals surface area contributed by atoms with E-state index in [0.29, 0.717) is 11.8 Å². The molecule has 0 unspecified atom stereocenters. The maximum absolute atomic E-state index is 2.29. The van der Waals surface area contributed by atoms with E-state index in [2.05, 4.69) is 41.5 Å². The van der Waals surface area contributed by atoms with Crippen LogP contribution >= 0.6 is 11.3 Å². The van der Waals surface area contributed by atoms with Crippen molar-refractivity contribution in [2.45, 2.75) is 53.4 Å². The van der Waals surface area contributed by atoms with Crippen LogP contribution < -0.4 is 0 Å². The molecule has 0 N–H and O–H groups in total. The van der Waals surface area contributed by atoms with Crippen molar-refractivity contribution in [1.82, 2.24) is 0 Å². The van der Waals surface area contributed by atoms with Crippen molar-refractivity contribution >= 4 is 11.3 Å². The molecule has 0 aromatic carbocycles. The van der Waals surface area contributed by atoms with Gasteiger partial charge in [0.05, 0.1) is 0 Å². The lowest BCUT2D eigenvalue weighted by Gasteiger charge is -2.11. The van der Waals surface area contributed by atoms with Crippen molar-refractivity contribution < 1.29 is 0 Å². The third kappa shape index (κ3) is 1.96. The Labute approximate surface area is 86.0 Å². The standard InChI is InChI=1S/C12H20S/c1-7(2)11-9(5)10(6)13-12(11)8(3)4/h7-8H,1-6H3. The fraction of sp³-hybridized carbons (Fsp3) is 0.667. The maximum Gasteiger partial charge on any atom is 0.0111 e. The molecule has 13 heavy (non-hydrogen) atoms. The Bertz CT molecular complexity index is 292. The predicted molar refractivity (Wildman–Crippen MR) is 62.0 cm³/mol. The molecule has 0 fully saturated rings. The van der Waals surface area contributed by atoms with Gasteiger partial charge in [-0.25, -0.2) is 0 Å². The highest BCUT2D eigenvalue weighted by molar-refractivity contribution is 7.12. The quantitative estimate of drug-likeness (QED) is 0.648. The van der Waals surface area contributed by atoms with Gasteiger partial charge in [-0.15, -0.1) is 11.3 Å². The molecule has 1 heterocycles. The van der Waals surface area contributed by atoms with E-state index in [0.717, 1.165) is 0 Å². The van der Waals surface area contributed by atoms with Crippen molar-refractivity contribution in [3.8, 4) is 0 Å². The minimum absolute atomic E-state index is 0.669. The molecular formula is C12H20S. The van der Waals surface area contributed by atoms with Gasteiger partial charge in [0.2, 0.25) is 0 Å². The molecule has 0 bridgehead atoms. The molecule has 0 radical (unpaired) electrons. The molecule has 1 heteroatoms. The highest BCUT2D eigenvalue weighted by atomic mass is 32.1. The van der Waals surface area contributed by atoms with Gasteiger partial charge in [-0.3, -0.25) is 0 Å². The molecule has 0 saturated carbocycles. The first kappa shape index (κ1) is 10.8. The molecular weight excluding hydrogens is 176 g/mol. The van der Waals surface area contributed by atoms with Crippen LogP contribution in [0.2, 0.25) is 0 Å². The summed E-state index contributed by atoms with van der Waals surface area (Å²) in [6.07, 6.45) is 0. The van der Waals surface area contributed by atoms with E-state index in [9.17, 15) is 0 Å². The van der Waals surface area contributed by atoms with Crippen LogP contribution in [0.5, 0.6) is 0 Å². The first-order valence-corrected chi connectivity index (χ1v) is 5.86. The second-order valence-corrected chi connectivity index (χ2v) is 5.63. The summed E-state index contributed by atoms with van der Waals surface area (Å²) in [5.74, 6) is 1.34. The highest BCUT2D eigenvalue weighted by Gasteiger charge is 2.16. The van der Waals surface area contributed by atoms with Crippen molar-refractivity contribution in [2.24, 2.45) is 0 Å². The summed E-state index contributed by atoms with van der Waals surface area (Å²) >= 11 is 1.98. The molecule has 1 rings (SSSR count). The third-order valence-electron chi connectivity index (χ3n) is 2.56. The molecule has 0 aliphatic carbocycles. The third-order valence-corrected chi connectivity index (χ3v) is 4.09. The summed E-state index contributed by atoms with van der Waals surface area (Å²) < 4.78 is 0. The van der Waals surface area contributed by atoms with E-state index in [1.807, 2.05) is 11.3 Å². The van der Waals surface area contributed by atoms with E-state index in [1.54, 1.807) is 10.4 Å². The number of hydrogen-bond donors (Lipinski definition) is 0. The van der Waals surface area contributed by atoms with Crippen LogP contribution in [-0.4, -0.2) is 0 Å². The average molecular weight is 196 g/mol. The van der Waals surface area contributed by atoms with Gasteiger partial charge in [0.25, 0.3) is 0 Å². The minimum atomic E-state index is 0.669. The zero-order valence-electron chi connectivity index (χ0n) is 9.56. The van der Waals surface area contributed by atoms with Crippen LogP contribution in [0.25, 0.3) is 0 Å². The second kappa shape index (κ2) is 3.83. The van der Waals surface area contributed by atoms with Crippen LogP contribution in [0, 0.1) is 13.8 Å². The van der Waals surface area contributed by atoms with Gasteiger partial charge in [-0.2, -0.15) is 0 Å². The summed E-state index contributed by atoms with van der Waals surface area (Å²) in [5.41, 5.74) is 3.11. The van der Waals surface area contributed by atoms with E-state index >= 15 is 0 Å². The predicted octanol–water partition coefficient (Wildman–Crippen LogP) is 4.61. The SMILES string of the molecule is Cc1sc(C(C)C)c(C(C)C)c1C. The Kier molecular flexibility index (Phi) is 3.18. The lowest BCUT2D eigenvalue weighted by atomic mass is 9.95. The van der Waals surface area contributed by atoms with Crippen LogP contribution in [0.4, 0.5) is 0 Å². The number of rotatable bonds is 2. The van der Waals surface area contributed by atoms with Crippen LogP contribution in [0.15, 0.2) is 0 Å². The van der Waals surface area contributed by atoms with Gasteiger partial charge in [0, 0.05) is 9.75 Å². The molecule has 0 aliphatic rings. The lowest BCUT2D eigenvalue weighted by molar-refractivity contribution is 0.803. The molecule has 0 nitrogen and oxygen atoms in total. The first-order valence-electron chi connectivity index (χ1n) is 5.04. The van der Waals surface area contributed by atoms with E-state index in [1.165, 1.54) is 10.4 Å². The van der Waals surface area contributed by atoms with E-state index in [4.69, 9.17) is 0 Å². The highest BCUT2D eigenvalue weighted by Crippen LogP contribution is 2.37.